The molecule has 0 aliphatic heterocycles. The summed E-state index contributed by atoms with van der Waals surface area (Å²) in [6.07, 6.45) is 0. The summed E-state index contributed by atoms with van der Waals surface area (Å²) in [4.78, 5) is 0. The van der Waals surface area contributed by atoms with Gasteiger partial charge in [0, 0.05) is 21.2 Å². The molecule has 0 fully saturated rings. The van der Waals surface area contributed by atoms with Gasteiger partial charge in [0.1, 0.15) is 22.9 Å². The Morgan fingerprint density at radius 2 is 1.74 bits per heavy atom. The summed E-state index contributed by atoms with van der Waals surface area (Å²) in [6, 6.07) is 9.62. The zero-order valence-electron chi connectivity index (χ0n) is 21.4. The molecular formula is C23H35N5O5SSi. The van der Waals surface area contributed by atoms with Crippen LogP contribution in [0, 0.1) is 6.92 Å². The summed E-state index contributed by atoms with van der Waals surface area (Å²) >= 11 is 0. The molecule has 0 aliphatic rings. The van der Waals surface area contributed by atoms with E-state index in [0.717, 1.165) is 0 Å². The van der Waals surface area contributed by atoms with E-state index >= 15 is 0 Å². The lowest BCUT2D eigenvalue weighted by Crippen LogP contribution is -2.44. The fraction of sp³-hybridized carbons (Fsp3) is 0.478. The third-order valence-corrected chi connectivity index (χ3v) is 9.56. The lowest BCUT2D eigenvalue weighted by molar-refractivity contribution is 0.391. The number of rotatable bonds is 11. The molecular weight excluding hydrogens is 486 g/mol. The molecule has 1 aromatic carbocycles. The van der Waals surface area contributed by atoms with Gasteiger partial charge in [0.25, 0.3) is 0 Å². The van der Waals surface area contributed by atoms with Crippen molar-refractivity contribution in [2.45, 2.75) is 44.8 Å². The average molecular weight is 522 g/mol. The van der Waals surface area contributed by atoms with E-state index in [9.17, 15) is 8.42 Å². The van der Waals surface area contributed by atoms with E-state index < -0.39 is 23.3 Å². The van der Waals surface area contributed by atoms with E-state index in [4.69, 9.17) is 19.6 Å². The predicted octanol–water partition coefficient (Wildman–Crippen LogP) is 3.67. The minimum absolute atomic E-state index is 0.0257. The van der Waals surface area contributed by atoms with Crippen LogP contribution in [-0.2, 0) is 10.0 Å². The normalized spacial score (nSPS) is 13.0. The summed E-state index contributed by atoms with van der Waals surface area (Å²) in [7, 11) is -2.42. The first kappa shape index (κ1) is 26.8. The first-order chi connectivity index (χ1) is 16.4. The molecule has 0 saturated heterocycles. The number of nitrogens with two attached hydrogens (primary N) is 1. The van der Waals surface area contributed by atoms with Crippen molar-refractivity contribution in [2.24, 2.45) is 5.73 Å². The Bertz CT molecular complexity index is 1240. The van der Waals surface area contributed by atoms with Crippen LogP contribution in [0.1, 0.15) is 12.7 Å². The van der Waals surface area contributed by atoms with Gasteiger partial charge in [-0.3, -0.25) is 4.57 Å². The van der Waals surface area contributed by atoms with Gasteiger partial charge in [-0.1, -0.05) is 25.7 Å². The molecule has 192 valence electrons. The lowest BCUT2D eigenvalue weighted by atomic mass is 10.2. The van der Waals surface area contributed by atoms with Gasteiger partial charge in [0.15, 0.2) is 5.76 Å². The maximum Gasteiger partial charge on any atom is 0.246 e. The molecule has 0 radical (unpaired) electrons. The molecule has 0 spiro atoms. The number of furan rings is 1. The zero-order chi connectivity index (χ0) is 26.0. The first-order valence-corrected chi connectivity index (χ1v) is 16.6. The number of para-hydroxylation sites is 1. The summed E-state index contributed by atoms with van der Waals surface area (Å²) in [6.45, 7) is 10.2. The van der Waals surface area contributed by atoms with Gasteiger partial charge >= 0.3 is 0 Å². The van der Waals surface area contributed by atoms with Gasteiger partial charge in [-0.2, -0.15) is 0 Å². The average Bonchev–Trinajstić information content (AvgIpc) is 3.43. The summed E-state index contributed by atoms with van der Waals surface area (Å²) < 4.78 is 47.5. The topological polar surface area (TPSA) is 126 Å². The number of nitrogens with zero attached hydrogens (tertiary/aromatic N) is 4. The van der Waals surface area contributed by atoms with Crippen molar-refractivity contribution in [3.8, 4) is 28.8 Å². The Hall–Kier alpha value is -2.83. The molecule has 12 heteroatoms. The number of hydrogen-bond acceptors (Lipinski definition) is 8. The number of ether oxygens (including phenoxy) is 2. The van der Waals surface area contributed by atoms with Crippen molar-refractivity contribution >= 4 is 24.0 Å². The molecule has 2 N–H and O–H groups in total. The second-order valence-electron chi connectivity index (χ2n) is 9.55. The maximum atomic E-state index is 13.7. The van der Waals surface area contributed by atoms with Gasteiger partial charge in [-0.05, 0) is 44.2 Å². The van der Waals surface area contributed by atoms with Crippen LogP contribution < -0.4 is 19.5 Å². The minimum atomic E-state index is -3.86. The van der Waals surface area contributed by atoms with Crippen LogP contribution in [0.25, 0.3) is 17.3 Å². The SMILES string of the molecule is COc1cccc(OC)c1-n1c(-c2ccc(C)o2)nnc1N(CC[Si](C)(C)C)S(=O)(=O)[C@H](C)CN. The van der Waals surface area contributed by atoms with Crippen LogP contribution in [0.5, 0.6) is 11.5 Å². The monoisotopic (exact) mass is 521 g/mol. The van der Waals surface area contributed by atoms with E-state index in [-0.39, 0.29) is 19.0 Å². The largest absolute Gasteiger partial charge is 0.494 e. The first-order valence-electron chi connectivity index (χ1n) is 11.4. The van der Waals surface area contributed by atoms with E-state index in [1.165, 1.54) is 18.5 Å². The third-order valence-electron chi connectivity index (χ3n) is 5.67. The molecule has 2 heterocycles. The summed E-state index contributed by atoms with van der Waals surface area (Å²) in [5.41, 5.74) is 6.27. The standard InChI is InChI=1S/C23H35N5O5SSi/c1-16-11-12-20(33-16)22-25-26-23(28(22)21-18(31-3)9-8-10-19(21)32-4)27(13-14-35(5,6)7)34(29,30)17(2)15-24/h8-12,17H,13-15,24H2,1-7H3/t17-/m1/s1. The number of methoxy groups -OCH3 is 2. The molecule has 10 nitrogen and oxygen atoms in total. The van der Waals surface area contributed by atoms with E-state index in [2.05, 4.69) is 29.8 Å². The van der Waals surface area contributed by atoms with Crippen molar-refractivity contribution in [1.29, 1.82) is 0 Å². The fourth-order valence-corrected chi connectivity index (χ4v) is 5.95. The number of aryl methyl sites for hydroxylation is 1. The van der Waals surface area contributed by atoms with Gasteiger partial charge in [0.2, 0.25) is 21.8 Å². The number of benzene rings is 1. The molecule has 3 aromatic rings. The van der Waals surface area contributed by atoms with Gasteiger partial charge in [-0.15, -0.1) is 10.2 Å². The van der Waals surface area contributed by atoms with Gasteiger partial charge in [0.05, 0.1) is 19.5 Å². The van der Waals surface area contributed by atoms with Crippen molar-refractivity contribution in [1.82, 2.24) is 14.8 Å². The molecule has 0 unspecified atom stereocenters. The lowest BCUT2D eigenvalue weighted by Gasteiger charge is -2.29. The second kappa shape index (κ2) is 10.4. The molecule has 3 rings (SSSR count). The van der Waals surface area contributed by atoms with Gasteiger partial charge in [-0.25, -0.2) is 12.7 Å². The highest BCUT2D eigenvalue weighted by Gasteiger charge is 2.36. The zero-order valence-corrected chi connectivity index (χ0v) is 23.2. The quantitative estimate of drug-likeness (QED) is 0.379. The van der Waals surface area contributed by atoms with Crippen LogP contribution in [0.2, 0.25) is 25.7 Å². The smallest absolute Gasteiger partial charge is 0.246 e. The fourth-order valence-electron chi connectivity index (χ4n) is 3.53. The van der Waals surface area contributed by atoms with Crippen LogP contribution >= 0.6 is 0 Å². The number of hydrogen-bond donors (Lipinski definition) is 1. The molecule has 0 saturated carbocycles. The third kappa shape index (κ3) is 5.54. The molecule has 2 aromatic heterocycles. The molecule has 1 atom stereocenters. The van der Waals surface area contributed by atoms with Crippen LogP contribution in [0.15, 0.2) is 34.7 Å². The van der Waals surface area contributed by atoms with Crippen LogP contribution in [0.3, 0.4) is 0 Å². The highest BCUT2D eigenvalue weighted by Crippen LogP contribution is 2.39. The number of aromatic nitrogens is 3. The van der Waals surface area contributed by atoms with Crippen molar-refractivity contribution in [3.63, 3.8) is 0 Å². The molecule has 0 amide bonds. The number of sulfonamides is 1. The molecule has 35 heavy (non-hydrogen) atoms. The highest BCUT2D eigenvalue weighted by molar-refractivity contribution is 7.93. The number of anilines is 1. The predicted molar refractivity (Wildman–Crippen MR) is 140 cm³/mol. The van der Waals surface area contributed by atoms with Crippen molar-refractivity contribution < 1.29 is 22.3 Å². The van der Waals surface area contributed by atoms with E-state index in [1.807, 2.05) is 13.0 Å². The Labute approximate surface area is 208 Å². The Morgan fingerprint density at radius 3 is 2.23 bits per heavy atom. The Kier molecular flexibility index (Phi) is 7.97. The Balaban J connectivity index is 2.37. The highest BCUT2D eigenvalue weighted by atomic mass is 32.2. The van der Waals surface area contributed by atoms with Crippen LogP contribution in [0.4, 0.5) is 5.95 Å². The summed E-state index contributed by atoms with van der Waals surface area (Å²) in [5.74, 6) is 2.49. The minimum Gasteiger partial charge on any atom is -0.494 e. The van der Waals surface area contributed by atoms with Crippen LogP contribution in [-0.4, -0.2) is 63.8 Å². The molecule has 0 aliphatic carbocycles. The Morgan fingerprint density at radius 1 is 1.11 bits per heavy atom. The maximum absolute atomic E-state index is 13.7. The molecule has 0 bridgehead atoms. The van der Waals surface area contributed by atoms with Crippen molar-refractivity contribution in [2.75, 3.05) is 31.6 Å². The van der Waals surface area contributed by atoms with Gasteiger partial charge < -0.3 is 19.6 Å². The van der Waals surface area contributed by atoms with E-state index in [0.29, 0.717) is 40.6 Å². The second-order valence-corrected chi connectivity index (χ2v) is 17.5. The van der Waals surface area contributed by atoms with E-state index in [1.54, 1.807) is 35.8 Å². The van der Waals surface area contributed by atoms with Crippen molar-refractivity contribution in [3.05, 3.63) is 36.1 Å². The summed E-state index contributed by atoms with van der Waals surface area (Å²) in [5, 5.41) is 7.93.